The first-order valence-corrected chi connectivity index (χ1v) is 7.77. The second kappa shape index (κ2) is 7.42. The van der Waals surface area contributed by atoms with Gasteiger partial charge in [0, 0.05) is 21.0 Å². The Kier molecular flexibility index (Phi) is 5.58. The third-order valence-corrected chi connectivity index (χ3v) is 3.86. The number of anilines is 2. The maximum absolute atomic E-state index is 11.9. The first-order chi connectivity index (χ1) is 10.1. The van der Waals surface area contributed by atoms with Crippen LogP contribution in [0.4, 0.5) is 16.2 Å². The molecule has 5 heteroatoms. The largest absolute Gasteiger partial charge is 0.323 e. The van der Waals surface area contributed by atoms with Crippen molar-refractivity contribution in [1.29, 1.82) is 0 Å². The summed E-state index contributed by atoms with van der Waals surface area (Å²) in [4.78, 5) is 11.9. The van der Waals surface area contributed by atoms with Crippen molar-refractivity contribution in [2.24, 2.45) is 0 Å². The number of carbonyl (C=O) groups is 1. The molecule has 0 aliphatic carbocycles. The Balaban J connectivity index is 1.96. The summed E-state index contributed by atoms with van der Waals surface area (Å²) < 4.78 is 1.08. The zero-order chi connectivity index (χ0) is 15.2. The molecule has 2 aromatic carbocycles. The normalized spacial score (nSPS) is 11.8. The van der Waals surface area contributed by atoms with Crippen molar-refractivity contribution in [2.75, 3.05) is 17.7 Å². The number of rotatable bonds is 4. The molecule has 0 aliphatic heterocycles. The summed E-state index contributed by atoms with van der Waals surface area (Å²) in [5.74, 6) is 0. The van der Waals surface area contributed by atoms with Crippen LogP contribution in [0, 0.1) is 3.57 Å². The van der Waals surface area contributed by atoms with Crippen LogP contribution in [0.2, 0.25) is 0 Å². The predicted octanol–water partition coefficient (Wildman–Crippen LogP) is 4.22. The van der Waals surface area contributed by atoms with Crippen LogP contribution < -0.4 is 16.0 Å². The summed E-state index contributed by atoms with van der Waals surface area (Å²) in [6.45, 7) is 2.09. The highest BCUT2D eigenvalue weighted by molar-refractivity contribution is 14.1. The Morgan fingerprint density at radius 1 is 1.05 bits per heavy atom. The maximum Gasteiger partial charge on any atom is 0.323 e. The molecular weight excluding hydrogens is 377 g/mol. The number of hydrogen-bond acceptors (Lipinski definition) is 2. The number of benzene rings is 2. The van der Waals surface area contributed by atoms with E-state index in [1.807, 2.05) is 55.6 Å². The molecule has 0 radical (unpaired) electrons. The molecule has 1 atom stereocenters. The smallest absolute Gasteiger partial charge is 0.313 e. The summed E-state index contributed by atoms with van der Waals surface area (Å²) in [7, 11) is 1.92. The monoisotopic (exact) mass is 395 g/mol. The van der Waals surface area contributed by atoms with Gasteiger partial charge in [0.05, 0.1) is 0 Å². The molecular formula is C16H18IN3O. The van der Waals surface area contributed by atoms with Gasteiger partial charge in [0.15, 0.2) is 0 Å². The molecule has 2 amide bonds. The zero-order valence-electron chi connectivity index (χ0n) is 12.0. The summed E-state index contributed by atoms with van der Waals surface area (Å²) in [6.07, 6.45) is 0. The van der Waals surface area contributed by atoms with E-state index in [0.717, 1.165) is 14.9 Å². The number of amides is 2. The number of nitrogens with one attached hydrogen (secondary N) is 3. The molecule has 0 saturated heterocycles. The van der Waals surface area contributed by atoms with Crippen molar-refractivity contribution < 1.29 is 4.79 Å². The Hall–Kier alpha value is -1.60. The zero-order valence-corrected chi connectivity index (χ0v) is 14.1. The van der Waals surface area contributed by atoms with E-state index in [0.29, 0.717) is 6.04 Å². The van der Waals surface area contributed by atoms with E-state index in [2.05, 4.69) is 45.5 Å². The van der Waals surface area contributed by atoms with Gasteiger partial charge in [0.1, 0.15) is 0 Å². The summed E-state index contributed by atoms with van der Waals surface area (Å²) in [6, 6.07) is 15.5. The Morgan fingerprint density at radius 3 is 2.33 bits per heavy atom. The highest BCUT2D eigenvalue weighted by Gasteiger charge is 2.05. The molecule has 3 N–H and O–H groups in total. The van der Waals surface area contributed by atoms with Gasteiger partial charge < -0.3 is 16.0 Å². The third kappa shape index (κ3) is 4.71. The summed E-state index contributed by atoms with van der Waals surface area (Å²) in [5.41, 5.74) is 2.73. The molecule has 0 fully saturated rings. The van der Waals surface area contributed by atoms with Crippen molar-refractivity contribution in [3.8, 4) is 0 Å². The molecule has 2 aromatic rings. The van der Waals surface area contributed by atoms with E-state index in [-0.39, 0.29) is 6.03 Å². The molecule has 0 heterocycles. The minimum Gasteiger partial charge on any atom is -0.313 e. The second-order valence-corrected chi connectivity index (χ2v) is 5.97. The van der Waals surface area contributed by atoms with Gasteiger partial charge in [-0.25, -0.2) is 4.79 Å². The van der Waals surface area contributed by atoms with Crippen molar-refractivity contribution in [3.05, 3.63) is 57.7 Å². The summed E-state index contributed by atoms with van der Waals surface area (Å²) in [5, 5.41) is 8.81. The average molecular weight is 395 g/mol. The Morgan fingerprint density at radius 2 is 1.71 bits per heavy atom. The molecule has 2 rings (SSSR count). The van der Waals surface area contributed by atoms with E-state index in [1.54, 1.807) is 0 Å². The first kappa shape index (κ1) is 15.8. The van der Waals surface area contributed by atoms with Gasteiger partial charge in [-0.1, -0.05) is 18.2 Å². The molecule has 110 valence electrons. The van der Waals surface area contributed by atoms with Crippen LogP contribution in [0.3, 0.4) is 0 Å². The lowest BCUT2D eigenvalue weighted by molar-refractivity contribution is 0.262. The Labute approximate surface area is 138 Å². The molecule has 4 nitrogen and oxygen atoms in total. The maximum atomic E-state index is 11.9. The van der Waals surface area contributed by atoms with E-state index in [1.165, 1.54) is 5.56 Å². The number of halogens is 1. The summed E-state index contributed by atoms with van der Waals surface area (Å²) >= 11 is 2.21. The van der Waals surface area contributed by atoms with E-state index in [4.69, 9.17) is 0 Å². The highest BCUT2D eigenvalue weighted by atomic mass is 127. The molecule has 0 bridgehead atoms. The van der Waals surface area contributed by atoms with Gasteiger partial charge in [-0.3, -0.25) is 0 Å². The van der Waals surface area contributed by atoms with Gasteiger partial charge in [-0.05, 0) is 72.5 Å². The van der Waals surface area contributed by atoms with Gasteiger partial charge in [-0.15, -0.1) is 0 Å². The van der Waals surface area contributed by atoms with Crippen LogP contribution in [-0.4, -0.2) is 13.1 Å². The van der Waals surface area contributed by atoms with Crippen molar-refractivity contribution in [3.63, 3.8) is 0 Å². The molecule has 0 saturated carbocycles. The average Bonchev–Trinajstić information content (AvgIpc) is 2.47. The lowest BCUT2D eigenvalue weighted by atomic mass is 10.1. The van der Waals surface area contributed by atoms with Crippen LogP contribution in [0.15, 0.2) is 48.5 Å². The lowest BCUT2D eigenvalue weighted by Crippen LogP contribution is -2.19. The minimum atomic E-state index is -0.244. The molecule has 0 spiro atoms. The Bertz CT molecular complexity index is 613. The number of hydrogen-bond donors (Lipinski definition) is 3. The van der Waals surface area contributed by atoms with Gasteiger partial charge in [0.2, 0.25) is 0 Å². The van der Waals surface area contributed by atoms with Gasteiger partial charge in [0.25, 0.3) is 0 Å². The van der Waals surface area contributed by atoms with E-state index in [9.17, 15) is 4.79 Å². The fourth-order valence-corrected chi connectivity index (χ4v) is 2.42. The molecule has 0 aromatic heterocycles. The van der Waals surface area contributed by atoms with Gasteiger partial charge in [-0.2, -0.15) is 0 Å². The van der Waals surface area contributed by atoms with Crippen molar-refractivity contribution >= 4 is 40.0 Å². The molecule has 1 unspecified atom stereocenters. The molecule has 0 aliphatic rings. The van der Waals surface area contributed by atoms with Crippen LogP contribution in [-0.2, 0) is 0 Å². The number of carbonyl (C=O) groups excluding carboxylic acids is 1. The van der Waals surface area contributed by atoms with Crippen LogP contribution in [0.1, 0.15) is 18.5 Å². The SMILES string of the molecule is CNC(C)c1ccc(NC(=O)Nc2cccc(I)c2)cc1. The third-order valence-electron chi connectivity index (χ3n) is 3.18. The topological polar surface area (TPSA) is 53.2 Å². The van der Waals surface area contributed by atoms with Gasteiger partial charge >= 0.3 is 6.03 Å². The van der Waals surface area contributed by atoms with Crippen LogP contribution in [0.5, 0.6) is 0 Å². The highest BCUT2D eigenvalue weighted by Crippen LogP contribution is 2.16. The lowest BCUT2D eigenvalue weighted by Gasteiger charge is -2.12. The minimum absolute atomic E-state index is 0.244. The van der Waals surface area contributed by atoms with Crippen molar-refractivity contribution in [1.82, 2.24) is 5.32 Å². The molecule has 21 heavy (non-hydrogen) atoms. The first-order valence-electron chi connectivity index (χ1n) is 6.69. The second-order valence-electron chi connectivity index (χ2n) is 4.72. The predicted molar refractivity (Wildman–Crippen MR) is 95.7 cm³/mol. The van der Waals surface area contributed by atoms with Crippen LogP contribution >= 0.6 is 22.6 Å². The fraction of sp³-hybridized carbons (Fsp3) is 0.188. The fourth-order valence-electron chi connectivity index (χ4n) is 1.88. The quantitative estimate of drug-likeness (QED) is 0.680. The van der Waals surface area contributed by atoms with E-state index < -0.39 is 0 Å². The standard InChI is InChI=1S/C16H18IN3O/c1-11(18-2)12-6-8-14(9-7-12)19-16(21)20-15-5-3-4-13(17)10-15/h3-11,18H,1-2H3,(H2,19,20,21). The number of urea groups is 1. The van der Waals surface area contributed by atoms with Crippen LogP contribution in [0.25, 0.3) is 0 Å². The van der Waals surface area contributed by atoms with E-state index >= 15 is 0 Å². The van der Waals surface area contributed by atoms with Crippen molar-refractivity contribution in [2.45, 2.75) is 13.0 Å².